The van der Waals surface area contributed by atoms with Gasteiger partial charge in [-0.3, -0.25) is 4.72 Å². The van der Waals surface area contributed by atoms with Crippen molar-refractivity contribution in [2.45, 2.75) is 4.90 Å². The number of rotatable bonds is 4. The number of aromatic nitrogens is 1. The van der Waals surface area contributed by atoms with Gasteiger partial charge in [0.15, 0.2) is 0 Å². The molecule has 0 unspecified atom stereocenters. The Morgan fingerprint density at radius 3 is 2.63 bits per heavy atom. The van der Waals surface area contributed by atoms with Crippen LogP contribution < -0.4 is 4.72 Å². The molecule has 100 valence electrons. The Hall–Kier alpha value is -1.80. The van der Waals surface area contributed by atoms with E-state index >= 15 is 0 Å². The zero-order valence-corrected chi connectivity index (χ0v) is 11.8. The Balaban J connectivity index is 2.48. The molecule has 0 atom stereocenters. The van der Waals surface area contributed by atoms with E-state index in [1.807, 2.05) is 0 Å². The topological polar surface area (TPSA) is 99.3 Å². The molecule has 6 nitrogen and oxygen atoms in total. The van der Waals surface area contributed by atoms with E-state index in [1.54, 1.807) is 6.07 Å². The number of aromatic carboxylic acids is 1. The van der Waals surface area contributed by atoms with E-state index in [-0.39, 0.29) is 16.1 Å². The second-order valence-electron chi connectivity index (χ2n) is 3.62. The van der Waals surface area contributed by atoms with Crippen LogP contribution in [0.3, 0.4) is 0 Å². The summed E-state index contributed by atoms with van der Waals surface area (Å²) >= 11 is 3.13. The van der Waals surface area contributed by atoms with Gasteiger partial charge in [0, 0.05) is 16.9 Å². The average Bonchev–Trinajstić information content (AvgIpc) is 2.85. The Labute approximate surface area is 117 Å². The standard InChI is InChI=1S/C11H9BrN2O4S/c12-9-3-1-2-8(11(15)16)10(9)14-19(17,18)7-4-5-13-6-7/h1-6,13-14H,(H,15,16). The third kappa shape index (κ3) is 2.79. The largest absolute Gasteiger partial charge is 0.478 e. The molecule has 2 rings (SSSR count). The van der Waals surface area contributed by atoms with Crippen molar-refractivity contribution in [2.75, 3.05) is 4.72 Å². The van der Waals surface area contributed by atoms with Gasteiger partial charge in [-0.1, -0.05) is 6.07 Å². The van der Waals surface area contributed by atoms with Crippen LogP contribution in [0.5, 0.6) is 0 Å². The lowest BCUT2D eigenvalue weighted by atomic mass is 10.2. The quantitative estimate of drug-likeness (QED) is 0.792. The average molecular weight is 345 g/mol. The Morgan fingerprint density at radius 2 is 2.05 bits per heavy atom. The number of anilines is 1. The SMILES string of the molecule is O=C(O)c1cccc(Br)c1NS(=O)(=O)c1cc[nH]c1. The minimum atomic E-state index is -3.82. The van der Waals surface area contributed by atoms with E-state index in [0.29, 0.717) is 4.47 Å². The lowest BCUT2D eigenvalue weighted by Crippen LogP contribution is -2.15. The van der Waals surface area contributed by atoms with Gasteiger partial charge in [0.2, 0.25) is 0 Å². The Morgan fingerprint density at radius 1 is 1.32 bits per heavy atom. The lowest BCUT2D eigenvalue weighted by Gasteiger charge is -2.11. The molecule has 8 heteroatoms. The number of hydrogen-bond acceptors (Lipinski definition) is 3. The first-order chi connectivity index (χ1) is 8.92. The third-order valence-electron chi connectivity index (χ3n) is 2.36. The van der Waals surface area contributed by atoms with Gasteiger partial charge >= 0.3 is 5.97 Å². The first kappa shape index (κ1) is 13.6. The summed E-state index contributed by atoms with van der Waals surface area (Å²) in [6.45, 7) is 0. The fourth-order valence-corrected chi connectivity index (χ4v) is 3.15. The zero-order chi connectivity index (χ0) is 14.0. The highest BCUT2D eigenvalue weighted by Gasteiger charge is 2.20. The first-order valence-electron chi connectivity index (χ1n) is 5.09. The van der Waals surface area contributed by atoms with Crippen molar-refractivity contribution < 1.29 is 18.3 Å². The van der Waals surface area contributed by atoms with Gasteiger partial charge in [-0.05, 0) is 34.1 Å². The molecule has 1 aromatic carbocycles. The van der Waals surface area contributed by atoms with Crippen LogP contribution in [0.25, 0.3) is 0 Å². The Kier molecular flexibility index (Phi) is 3.63. The summed E-state index contributed by atoms with van der Waals surface area (Å²) in [7, 11) is -3.82. The van der Waals surface area contributed by atoms with Crippen molar-refractivity contribution in [3.8, 4) is 0 Å². The fourth-order valence-electron chi connectivity index (χ4n) is 1.48. The highest BCUT2D eigenvalue weighted by atomic mass is 79.9. The summed E-state index contributed by atoms with van der Waals surface area (Å²) in [6.07, 6.45) is 2.77. The second-order valence-corrected chi connectivity index (χ2v) is 6.16. The predicted molar refractivity (Wildman–Crippen MR) is 72.7 cm³/mol. The van der Waals surface area contributed by atoms with Crippen molar-refractivity contribution in [1.82, 2.24) is 4.98 Å². The summed E-state index contributed by atoms with van der Waals surface area (Å²) in [5, 5.41) is 9.06. The van der Waals surface area contributed by atoms with Gasteiger partial charge in [0.25, 0.3) is 10.0 Å². The molecule has 0 aliphatic rings. The monoisotopic (exact) mass is 344 g/mol. The van der Waals surface area contributed by atoms with Gasteiger partial charge in [0.05, 0.1) is 11.3 Å². The van der Waals surface area contributed by atoms with Crippen LogP contribution in [-0.4, -0.2) is 24.5 Å². The summed E-state index contributed by atoms with van der Waals surface area (Å²) in [5.41, 5.74) is -0.135. The number of nitrogens with one attached hydrogen (secondary N) is 2. The van der Waals surface area contributed by atoms with E-state index in [2.05, 4.69) is 25.6 Å². The van der Waals surface area contributed by atoms with E-state index in [1.165, 1.54) is 30.6 Å². The molecule has 0 spiro atoms. The number of H-pyrrole nitrogens is 1. The smallest absolute Gasteiger partial charge is 0.337 e. The predicted octanol–water partition coefficient (Wildman–Crippen LogP) is 2.28. The number of carboxylic acids is 1. The van der Waals surface area contributed by atoms with Crippen molar-refractivity contribution >= 4 is 37.6 Å². The number of aromatic amines is 1. The highest BCUT2D eigenvalue weighted by molar-refractivity contribution is 9.10. The van der Waals surface area contributed by atoms with E-state index in [4.69, 9.17) is 5.11 Å². The molecule has 0 saturated heterocycles. The highest BCUT2D eigenvalue weighted by Crippen LogP contribution is 2.28. The van der Waals surface area contributed by atoms with E-state index in [9.17, 15) is 13.2 Å². The number of benzene rings is 1. The minimum Gasteiger partial charge on any atom is -0.478 e. The van der Waals surface area contributed by atoms with Crippen LogP contribution >= 0.6 is 15.9 Å². The molecular weight excluding hydrogens is 336 g/mol. The molecule has 0 saturated carbocycles. The third-order valence-corrected chi connectivity index (χ3v) is 4.37. The van der Waals surface area contributed by atoms with Crippen LogP contribution in [0.1, 0.15) is 10.4 Å². The van der Waals surface area contributed by atoms with E-state index in [0.717, 1.165) is 0 Å². The van der Waals surface area contributed by atoms with Crippen molar-refractivity contribution in [3.05, 3.63) is 46.7 Å². The second kappa shape index (κ2) is 5.06. The van der Waals surface area contributed by atoms with Gasteiger partial charge in [-0.25, -0.2) is 13.2 Å². The summed E-state index contributed by atoms with van der Waals surface area (Å²) in [5.74, 6) is -1.21. The summed E-state index contributed by atoms with van der Waals surface area (Å²) in [6, 6.07) is 5.77. The molecule has 1 aromatic heterocycles. The Bertz CT molecular complexity index is 710. The number of para-hydroxylation sites is 1. The molecular formula is C11H9BrN2O4S. The maximum absolute atomic E-state index is 12.0. The molecule has 0 aliphatic carbocycles. The van der Waals surface area contributed by atoms with Gasteiger partial charge in [-0.2, -0.15) is 0 Å². The normalized spacial score (nSPS) is 11.2. The van der Waals surface area contributed by atoms with Crippen LogP contribution in [0.4, 0.5) is 5.69 Å². The number of halogens is 1. The molecule has 0 radical (unpaired) electrons. The first-order valence-corrected chi connectivity index (χ1v) is 7.37. The van der Waals surface area contributed by atoms with E-state index < -0.39 is 16.0 Å². The maximum Gasteiger partial charge on any atom is 0.337 e. The summed E-state index contributed by atoms with van der Waals surface area (Å²) in [4.78, 5) is 13.7. The van der Waals surface area contributed by atoms with Crippen LogP contribution in [0, 0.1) is 0 Å². The number of hydrogen-bond donors (Lipinski definition) is 3. The molecule has 0 fully saturated rings. The molecule has 0 amide bonds. The number of sulfonamides is 1. The molecule has 19 heavy (non-hydrogen) atoms. The van der Waals surface area contributed by atoms with Crippen LogP contribution in [0.2, 0.25) is 0 Å². The van der Waals surface area contributed by atoms with Crippen molar-refractivity contribution in [2.24, 2.45) is 0 Å². The lowest BCUT2D eigenvalue weighted by molar-refractivity contribution is 0.0698. The number of carbonyl (C=O) groups is 1. The van der Waals surface area contributed by atoms with Gasteiger partial charge in [0.1, 0.15) is 4.90 Å². The summed E-state index contributed by atoms with van der Waals surface area (Å²) < 4.78 is 26.7. The molecule has 1 heterocycles. The van der Waals surface area contributed by atoms with Crippen LogP contribution in [-0.2, 0) is 10.0 Å². The van der Waals surface area contributed by atoms with Gasteiger partial charge < -0.3 is 10.1 Å². The van der Waals surface area contributed by atoms with Gasteiger partial charge in [-0.15, -0.1) is 0 Å². The zero-order valence-electron chi connectivity index (χ0n) is 9.42. The van der Waals surface area contributed by atoms with Crippen molar-refractivity contribution in [3.63, 3.8) is 0 Å². The minimum absolute atomic E-state index is 0.00352. The number of carboxylic acid groups (broad SMARTS) is 1. The van der Waals surface area contributed by atoms with Crippen molar-refractivity contribution in [1.29, 1.82) is 0 Å². The molecule has 2 aromatic rings. The maximum atomic E-state index is 12.0. The molecule has 0 bridgehead atoms. The molecule has 3 N–H and O–H groups in total. The molecule has 0 aliphatic heterocycles. The van der Waals surface area contributed by atoms with Crippen LogP contribution in [0.15, 0.2) is 46.0 Å². The fraction of sp³-hybridized carbons (Fsp3) is 0.